The molecule has 0 saturated heterocycles. The number of carboxylic acid groups (broad SMARTS) is 1. The first kappa shape index (κ1) is 16.1. The largest absolute Gasteiger partial charge is 0.477 e. The van der Waals surface area contributed by atoms with Crippen molar-refractivity contribution < 1.29 is 9.90 Å². The number of carboxylic acids is 1. The van der Waals surface area contributed by atoms with Gasteiger partial charge >= 0.3 is 5.97 Å². The van der Waals surface area contributed by atoms with Crippen LogP contribution in [-0.2, 0) is 0 Å². The fourth-order valence-corrected chi connectivity index (χ4v) is 3.39. The average molecular weight is 359 g/mol. The van der Waals surface area contributed by atoms with Gasteiger partial charge in [0.2, 0.25) is 0 Å². The van der Waals surface area contributed by atoms with Crippen LogP contribution in [0.4, 0.5) is 0 Å². The van der Waals surface area contributed by atoms with Crippen molar-refractivity contribution in [2.75, 3.05) is 0 Å². The van der Waals surface area contributed by atoms with E-state index >= 15 is 0 Å². The Balaban J connectivity index is 1.67. The molecule has 0 aliphatic rings. The molecule has 4 aromatic rings. The number of thiophene rings is 1. The van der Waals surface area contributed by atoms with Crippen LogP contribution in [0.15, 0.2) is 54.9 Å². The van der Waals surface area contributed by atoms with Gasteiger partial charge in [0.25, 0.3) is 0 Å². The molecular formula is C20H13N3O2S. The summed E-state index contributed by atoms with van der Waals surface area (Å²) in [5.74, 6) is 5.29. The molecule has 0 radical (unpaired) electrons. The zero-order chi connectivity index (χ0) is 18.1. The molecule has 6 heteroatoms. The fraction of sp³-hybridized carbons (Fsp3) is 0.0500. The Morgan fingerprint density at radius 2 is 2.08 bits per heavy atom. The first-order valence-electron chi connectivity index (χ1n) is 7.87. The van der Waals surface area contributed by atoms with Gasteiger partial charge in [-0.05, 0) is 42.8 Å². The van der Waals surface area contributed by atoms with Crippen molar-refractivity contribution in [2.24, 2.45) is 0 Å². The van der Waals surface area contributed by atoms with Gasteiger partial charge in [-0.15, -0.1) is 11.3 Å². The molecule has 26 heavy (non-hydrogen) atoms. The number of carbonyl (C=O) groups is 1. The quantitative estimate of drug-likeness (QED) is 0.552. The second-order valence-electron chi connectivity index (χ2n) is 5.73. The Morgan fingerprint density at radius 1 is 1.19 bits per heavy atom. The third-order valence-corrected chi connectivity index (χ3v) is 4.83. The highest BCUT2D eigenvalue weighted by atomic mass is 32.1. The van der Waals surface area contributed by atoms with Gasteiger partial charge in [-0.2, -0.15) is 5.10 Å². The maximum atomic E-state index is 11.3. The number of aromatic nitrogens is 3. The van der Waals surface area contributed by atoms with E-state index in [4.69, 9.17) is 0 Å². The smallest absolute Gasteiger partial charge is 0.341 e. The average Bonchev–Trinajstić information content (AvgIpc) is 3.26. The van der Waals surface area contributed by atoms with E-state index in [1.54, 1.807) is 6.20 Å². The van der Waals surface area contributed by atoms with Gasteiger partial charge in [0.1, 0.15) is 5.56 Å². The van der Waals surface area contributed by atoms with Crippen LogP contribution in [0.25, 0.3) is 16.2 Å². The van der Waals surface area contributed by atoms with Crippen molar-refractivity contribution in [3.8, 4) is 22.4 Å². The number of hydrogen-bond donors (Lipinski definition) is 1. The number of nitrogens with zero attached hydrogens (tertiary/aromatic N) is 3. The summed E-state index contributed by atoms with van der Waals surface area (Å²) in [7, 11) is 0. The minimum Gasteiger partial charge on any atom is -0.477 e. The highest BCUT2D eigenvalue weighted by Gasteiger charge is 2.14. The molecule has 4 rings (SSSR count). The van der Waals surface area contributed by atoms with Crippen molar-refractivity contribution in [3.63, 3.8) is 0 Å². The number of benzene rings is 1. The molecule has 0 fully saturated rings. The summed E-state index contributed by atoms with van der Waals surface area (Å²) in [5.41, 5.74) is 3.27. The van der Waals surface area contributed by atoms with E-state index < -0.39 is 5.97 Å². The zero-order valence-corrected chi connectivity index (χ0v) is 14.6. The lowest BCUT2D eigenvalue weighted by molar-refractivity contribution is 0.0699. The Morgan fingerprint density at radius 3 is 2.88 bits per heavy atom. The summed E-state index contributed by atoms with van der Waals surface area (Å²) < 4.78 is 1.46. The summed E-state index contributed by atoms with van der Waals surface area (Å²) >= 11 is 1.52. The molecule has 3 heterocycles. The van der Waals surface area contributed by atoms with Crippen LogP contribution >= 0.6 is 11.3 Å². The maximum absolute atomic E-state index is 11.3. The topological polar surface area (TPSA) is 67.5 Å². The van der Waals surface area contributed by atoms with Gasteiger partial charge in [-0.3, -0.25) is 0 Å². The van der Waals surface area contributed by atoms with Crippen LogP contribution in [0.2, 0.25) is 0 Å². The lowest BCUT2D eigenvalue weighted by atomic mass is 10.1. The molecule has 0 aliphatic heterocycles. The number of aryl methyl sites for hydroxylation is 1. The van der Waals surface area contributed by atoms with Gasteiger partial charge in [0.15, 0.2) is 5.65 Å². The Kier molecular flexibility index (Phi) is 3.99. The lowest BCUT2D eigenvalue weighted by Gasteiger charge is -1.98. The van der Waals surface area contributed by atoms with Crippen molar-refractivity contribution in [1.82, 2.24) is 14.6 Å². The Labute approximate surface area is 153 Å². The van der Waals surface area contributed by atoms with E-state index in [2.05, 4.69) is 21.9 Å². The molecular weight excluding hydrogens is 346 g/mol. The molecule has 0 spiro atoms. The Bertz CT molecular complexity index is 1190. The van der Waals surface area contributed by atoms with Gasteiger partial charge < -0.3 is 5.11 Å². The highest BCUT2D eigenvalue weighted by molar-refractivity contribution is 7.16. The standard InChI is InChI=1S/C20H13N3O2S/c1-13-3-2-4-14(11-13)5-6-15-7-8-18(26-15)17-9-10-23-19(22-17)16(12-21-23)20(24)25/h2-4,7-12H,1H3,(H,24,25). The van der Waals surface area contributed by atoms with Crippen molar-refractivity contribution in [2.45, 2.75) is 6.92 Å². The summed E-state index contributed by atoms with van der Waals surface area (Å²) in [5, 5.41) is 13.2. The minimum absolute atomic E-state index is 0.0860. The lowest BCUT2D eigenvalue weighted by Crippen LogP contribution is -1.98. The second kappa shape index (κ2) is 6.47. The van der Waals surface area contributed by atoms with E-state index in [9.17, 15) is 9.90 Å². The minimum atomic E-state index is -1.04. The van der Waals surface area contributed by atoms with Crippen LogP contribution < -0.4 is 0 Å². The molecule has 0 saturated carbocycles. The van der Waals surface area contributed by atoms with Crippen LogP contribution in [0.3, 0.4) is 0 Å². The van der Waals surface area contributed by atoms with Crippen LogP contribution in [0.1, 0.15) is 26.4 Å². The number of fused-ring (bicyclic) bond motifs is 1. The molecule has 126 valence electrons. The van der Waals surface area contributed by atoms with E-state index in [1.165, 1.54) is 27.6 Å². The predicted molar refractivity (Wildman–Crippen MR) is 100 cm³/mol. The summed E-state index contributed by atoms with van der Waals surface area (Å²) in [6, 6.07) is 13.8. The second-order valence-corrected chi connectivity index (χ2v) is 6.81. The van der Waals surface area contributed by atoms with Gasteiger partial charge in [0, 0.05) is 11.8 Å². The first-order chi connectivity index (χ1) is 12.6. The molecule has 0 amide bonds. The molecule has 1 N–H and O–H groups in total. The molecule has 0 aliphatic carbocycles. The van der Waals surface area contributed by atoms with E-state index in [0.29, 0.717) is 11.3 Å². The monoisotopic (exact) mass is 359 g/mol. The molecule has 0 unspecified atom stereocenters. The molecule has 1 aromatic carbocycles. The number of aromatic carboxylic acids is 1. The van der Waals surface area contributed by atoms with Crippen LogP contribution in [0.5, 0.6) is 0 Å². The van der Waals surface area contributed by atoms with Crippen LogP contribution in [0, 0.1) is 18.8 Å². The normalized spacial score (nSPS) is 10.5. The van der Waals surface area contributed by atoms with Crippen molar-refractivity contribution in [3.05, 3.63) is 76.4 Å². The zero-order valence-electron chi connectivity index (χ0n) is 13.8. The Hall–Kier alpha value is -3.43. The molecule has 0 bridgehead atoms. The van der Waals surface area contributed by atoms with E-state index in [1.807, 2.05) is 49.4 Å². The van der Waals surface area contributed by atoms with E-state index in [-0.39, 0.29) is 5.56 Å². The van der Waals surface area contributed by atoms with Gasteiger partial charge in [-0.25, -0.2) is 14.3 Å². The predicted octanol–water partition coefficient (Wildman–Crippen LogP) is 3.86. The summed E-state index contributed by atoms with van der Waals surface area (Å²) in [6.07, 6.45) is 3.02. The first-order valence-corrected chi connectivity index (χ1v) is 8.68. The van der Waals surface area contributed by atoms with Gasteiger partial charge in [0.05, 0.1) is 21.6 Å². The summed E-state index contributed by atoms with van der Waals surface area (Å²) in [4.78, 5) is 17.6. The van der Waals surface area contributed by atoms with Crippen molar-refractivity contribution in [1.29, 1.82) is 0 Å². The number of rotatable bonds is 2. The van der Waals surface area contributed by atoms with E-state index in [0.717, 1.165) is 15.3 Å². The summed E-state index contributed by atoms with van der Waals surface area (Å²) in [6.45, 7) is 2.04. The van der Waals surface area contributed by atoms with Crippen LogP contribution in [-0.4, -0.2) is 25.7 Å². The fourth-order valence-electron chi connectivity index (χ4n) is 2.56. The van der Waals surface area contributed by atoms with Crippen molar-refractivity contribution >= 4 is 23.0 Å². The molecule has 0 atom stereocenters. The third kappa shape index (κ3) is 3.08. The molecule has 5 nitrogen and oxygen atoms in total. The van der Waals surface area contributed by atoms with Gasteiger partial charge in [-0.1, -0.05) is 24.0 Å². The molecule has 3 aromatic heterocycles. The SMILES string of the molecule is Cc1cccc(C#Cc2ccc(-c3ccn4ncc(C(=O)O)c4n3)s2)c1. The third-order valence-electron chi connectivity index (χ3n) is 3.81. The number of hydrogen-bond acceptors (Lipinski definition) is 4. The highest BCUT2D eigenvalue weighted by Crippen LogP contribution is 2.27. The maximum Gasteiger partial charge on any atom is 0.341 e.